The van der Waals surface area contributed by atoms with E-state index in [1.165, 1.54) is 12.1 Å². The zero-order chi connectivity index (χ0) is 23.7. The largest absolute Gasteiger partial charge is 0.416 e. The van der Waals surface area contributed by atoms with Crippen LogP contribution >= 0.6 is 0 Å². The Morgan fingerprint density at radius 3 is 2.38 bits per heavy atom. The highest BCUT2D eigenvalue weighted by atomic mass is 19.4. The Morgan fingerprint density at radius 1 is 1.00 bits per heavy atom. The first-order valence-electron chi connectivity index (χ1n) is 10.9. The molecule has 1 fully saturated rings. The first-order valence-corrected chi connectivity index (χ1v) is 10.9. The number of carbonyl (C=O) groups excluding carboxylic acids is 1. The van der Waals surface area contributed by atoms with Crippen LogP contribution in [0.2, 0.25) is 0 Å². The van der Waals surface area contributed by atoms with Crippen LogP contribution in [-0.4, -0.2) is 20.7 Å². The summed E-state index contributed by atoms with van der Waals surface area (Å²) in [6.07, 6.45) is 1.54. The second-order valence-electron chi connectivity index (χ2n) is 8.31. The molecule has 0 spiro atoms. The number of hydrogen-bond acceptors (Lipinski definition) is 3. The average Bonchev–Trinajstić information content (AvgIpc) is 3.55. The molecule has 1 aliphatic rings. The van der Waals surface area contributed by atoms with E-state index in [1.54, 1.807) is 17.1 Å². The summed E-state index contributed by atoms with van der Waals surface area (Å²) in [4.78, 5) is 16.8. The molecular weight excluding hydrogens is 441 g/mol. The maximum atomic E-state index is 12.8. The quantitative estimate of drug-likeness (QED) is 0.419. The van der Waals surface area contributed by atoms with Crippen molar-refractivity contribution in [2.45, 2.75) is 25.1 Å². The molecule has 2 heterocycles. The van der Waals surface area contributed by atoms with Crippen molar-refractivity contribution in [3.8, 4) is 16.9 Å². The molecule has 5 rings (SSSR count). The number of pyridine rings is 1. The third kappa shape index (κ3) is 4.57. The second-order valence-corrected chi connectivity index (χ2v) is 8.31. The van der Waals surface area contributed by atoms with Gasteiger partial charge in [-0.05, 0) is 54.3 Å². The predicted octanol–water partition coefficient (Wildman–Crippen LogP) is 5.37. The molecule has 2 atom stereocenters. The summed E-state index contributed by atoms with van der Waals surface area (Å²) in [7, 11) is 0. The lowest BCUT2D eigenvalue weighted by molar-refractivity contribution is -0.137. The van der Waals surface area contributed by atoms with Crippen LogP contribution in [0.1, 0.15) is 29.0 Å². The summed E-state index contributed by atoms with van der Waals surface area (Å²) < 4.78 is 40.2. The summed E-state index contributed by atoms with van der Waals surface area (Å²) in [5.41, 5.74) is 3.47. The molecular formula is C26H21F3N4O. The summed E-state index contributed by atoms with van der Waals surface area (Å²) in [6, 6.07) is 18.5. The van der Waals surface area contributed by atoms with Gasteiger partial charge in [-0.1, -0.05) is 30.3 Å². The fourth-order valence-electron chi connectivity index (χ4n) is 4.09. The van der Waals surface area contributed by atoms with Crippen molar-refractivity contribution in [1.82, 2.24) is 20.1 Å². The van der Waals surface area contributed by atoms with Gasteiger partial charge in [-0.3, -0.25) is 9.78 Å². The van der Waals surface area contributed by atoms with Crippen molar-refractivity contribution in [2.24, 2.45) is 5.92 Å². The molecule has 5 nitrogen and oxygen atoms in total. The molecule has 1 saturated carbocycles. The number of amides is 1. The molecule has 2 aromatic heterocycles. The highest BCUT2D eigenvalue weighted by Crippen LogP contribution is 2.48. The zero-order valence-electron chi connectivity index (χ0n) is 18.0. The van der Waals surface area contributed by atoms with Gasteiger partial charge in [0.25, 0.3) is 0 Å². The molecule has 0 aliphatic heterocycles. The van der Waals surface area contributed by atoms with Crippen molar-refractivity contribution >= 4 is 5.91 Å². The van der Waals surface area contributed by atoms with E-state index >= 15 is 0 Å². The maximum Gasteiger partial charge on any atom is 0.416 e. The SMILES string of the molecule is O=C(NCc1cn(-c2ccccc2)nc1-c1ccncc1)C1CC1c1ccc(C(F)(F)F)cc1. The average molecular weight is 462 g/mol. The predicted molar refractivity (Wildman–Crippen MR) is 121 cm³/mol. The van der Waals surface area contributed by atoms with Gasteiger partial charge >= 0.3 is 6.18 Å². The topological polar surface area (TPSA) is 59.8 Å². The fraction of sp³-hybridized carbons (Fsp3) is 0.192. The third-order valence-corrected chi connectivity index (χ3v) is 6.01. The summed E-state index contributed by atoms with van der Waals surface area (Å²) in [5, 5.41) is 7.71. The van der Waals surface area contributed by atoms with Crippen LogP contribution in [-0.2, 0) is 17.5 Å². The van der Waals surface area contributed by atoms with Crippen LogP contribution < -0.4 is 5.32 Å². The van der Waals surface area contributed by atoms with Crippen LogP contribution in [0, 0.1) is 5.92 Å². The number of benzene rings is 2. The molecule has 34 heavy (non-hydrogen) atoms. The monoisotopic (exact) mass is 462 g/mol. The lowest BCUT2D eigenvalue weighted by Gasteiger charge is -2.08. The van der Waals surface area contributed by atoms with E-state index in [0.29, 0.717) is 13.0 Å². The molecule has 0 saturated heterocycles. The molecule has 0 bridgehead atoms. The van der Waals surface area contributed by atoms with E-state index in [-0.39, 0.29) is 17.7 Å². The number of nitrogens with one attached hydrogen (secondary N) is 1. The molecule has 1 aliphatic carbocycles. The fourth-order valence-corrected chi connectivity index (χ4v) is 4.09. The van der Waals surface area contributed by atoms with Gasteiger partial charge in [0, 0.05) is 42.2 Å². The molecule has 0 radical (unpaired) electrons. The number of carbonyl (C=O) groups is 1. The number of aromatic nitrogens is 3. The third-order valence-electron chi connectivity index (χ3n) is 6.01. The van der Waals surface area contributed by atoms with Gasteiger partial charge in [-0.25, -0.2) is 4.68 Å². The van der Waals surface area contributed by atoms with E-state index in [4.69, 9.17) is 5.10 Å². The Hall–Kier alpha value is -3.94. The zero-order valence-corrected chi connectivity index (χ0v) is 18.0. The lowest BCUT2D eigenvalue weighted by atomic mass is 10.1. The van der Waals surface area contributed by atoms with E-state index in [0.717, 1.165) is 40.2 Å². The van der Waals surface area contributed by atoms with Gasteiger partial charge in [-0.15, -0.1) is 0 Å². The minimum atomic E-state index is -4.37. The van der Waals surface area contributed by atoms with Crippen LogP contribution in [0.3, 0.4) is 0 Å². The molecule has 2 unspecified atom stereocenters. The van der Waals surface area contributed by atoms with Crippen LogP contribution in [0.15, 0.2) is 85.3 Å². The van der Waals surface area contributed by atoms with Crippen molar-refractivity contribution in [2.75, 3.05) is 0 Å². The van der Waals surface area contributed by atoms with Crippen LogP contribution in [0.4, 0.5) is 13.2 Å². The van der Waals surface area contributed by atoms with Crippen LogP contribution in [0.5, 0.6) is 0 Å². The molecule has 172 valence electrons. The van der Waals surface area contributed by atoms with Crippen LogP contribution in [0.25, 0.3) is 16.9 Å². The minimum Gasteiger partial charge on any atom is -0.352 e. The van der Waals surface area contributed by atoms with E-state index < -0.39 is 11.7 Å². The van der Waals surface area contributed by atoms with Crippen molar-refractivity contribution in [1.29, 1.82) is 0 Å². The first-order chi connectivity index (χ1) is 16.4. The van der Waals surface area contributed by atoms with Gasteiger partial charge in [0.05, 0.1) is 16.9 Å². The van der Waals surface area contributed by atoms with Gasteiger partial charge in [0.1, 0.15) is 0 Å². The number of hydrogen-bond donors (Lipinski definition) is 1. The molecule has 8 heteroatoms. The highest BCUT2D eigenvalue weighted by Gasteiger charge is 2.44. The van der Waals surface area contributed by atoms with E-state index in [1.807, 2.05) is 48.7 Å². The highest BCUT2D eigenvalue weighted by molar-refractivity contribution is 5.83. The number of rotatable bonds is 6. The summed E-state index contributed by atoms with van der Waals surface area (Å²) >= 11 is 0. The minimum absolute atomic E-state index is 0.0611. The Kier molecular flexibility index (Phi) is 5.65. The van der Waals surface area contributed by atoms with Crippen molar-refractivity contribution < 1.29 is 18.0 Å². The number of halogens is 3. The number of nitrogens with zero attached hydrogens (tertiary/aromatic N) is 3. The summed E-state index contributed by atoms with van der Waals surface area (Å²) in [5.74, 6) is -0.419. The number of alkyl halides is 3. The Balaban J connectivity index is 1.29. The molecule has 1 amide bonds. The molecule has 1 N–H and O–H groups in total. The Morgan fingerprint density at radius 2 is 1.71 bits per heavy atom. The standard InChI is InChI=1S/C26H21F3N4O/c27-26(28,29)20-8-6-17(7-9-20)22-14-23(22)25(34)31-15-19-16-33(21-4-2-1-3-5-21)32-24(19)18-10-12-30-13-11-18/h1-13,16,22-23H,14-15H2,(H,31,34). The molecule has 2 aromatic carbocycles. The molecule has 4 aromatic rings. The van der Waals surface area contributed by atoms with Gasteiger partial charge in [0.15, 0.2) is 0 Å². The van der Waals surface area contributed by atoms with E-state index in [9.17, 15) is 18.0 Å². The normalized spacial score (nSPS) is 17.4. The van der Waals surface area contributed by atoms with Gasteiger partial charge in [-0.2, -0.15) is 18.3 Å². The smallest absolute Gasteiger partial charge is 0.352 e. The first kappa shape index (κ1) is 21.9. The van der Waals surface area contributed by atoms with Gasteiger partial charge in [0.2, 0.25) is 5.91 Å². The maximum absolute atomic E-state index is 12.8. The van der Waals surface area contributed by atoms with E-state index in [2.05, 4.69) is 10.3 Å². The lowest BCUT2D eigenvalue weighted by Crippen LogP contribution is -2.25. The second kappa shape index (κ2) is 8.78. The van der Waals surface area contributed by atoms with Crippen molar-refractivity contribution in [3.63, 3.8) is 0 Å². The van der Waals surface area contributed by atoms with Crippen molar-refractivity contribution in [3.05, 3.63) is 102 Å². The Bertz CT molecular complexity index is 1290. The summed E-state index contributed by atoms with van der Waals surface area (Å²) in [6.45, 7) is 0.291. The Labute approximate surface area is 194 Å². The van der Waals surface area contributed by atoms with Gasteiger partial charge < -0.3 is 5.32 Å². The number of para-hydroxylation sites is 1.